The molecule has 3 aromatic carbocycles. The van der Waals surface area contributed by atoms with Crippen LogP contribution in [0.3, 0.4) is 0 Å². The third-order valence-electron chi connectivity index (χ3n) is 4.47. The van der Waals surface area contributed by atoms with Crippen molar-refractivity contribution in [1.29, 1.82) is 0 Å². The van der Waals surface area contributed by atoms with Crippen LogP contribution in [-0.2, 0) is 6.54 Å². The van der Waals surface area contributed by atoms with Gasteiger partial charge in [-0.05, 0) is 29.3 Å². The Morgan fingerprint density at radius 3 is 2.60 bits per heavy atom. The van der Waals surface area contributed by atoms with Gasteiger partial charge in [0.25, 0.3) is 0 Å². The number of ether oxygens (including phenoxy) is 1. The van der Waals surface area contributed by atoms with Crippen molar-refractivity contribution in [2.75, 3.05) is 0 Å². The summed E-state index contributed by atoms with van der Waals surface area (Å²) in [6.07, 6.45) is 5.51. The molecular formula is C22H20N2O. The molecule has 1 unspecified atom stereocenters. The highest BCUT2D eigenvalue weighted by atomic mass is 16.5. The summed E-state index contributed by atoms with van der Waals surface area (Å²) in [7, 11) is 0. The number of hydrogen-bond acceptors (Lipinski definition) is 2. The fourth-order valence-electron chi connectivity index (χ4n) is 3.16. The summed E-state index contributed by atoms with van der Waals surface area (Å²) in [6.45, 7) is 2.79. The Kier molecular flexibility index (Phi) is 4.21. The minimum atomic E-state index is -0.0959. The summed E-state index contributed by atoms with van der Waals surface area (Å²) in [4.78, 5) is 4.16. The summed E-state index contributed by atoms with van der Waals surface area (Å²) >= 11 is 0. The molecule has 1 atom stereocenters. The van der Waals surface area contributed by atoms with Gasteiger partial charge in [-0.3, -0.25) is 0 Å². The number of para-hydroxylation sites is 1. The molecule has 0 saturated heterocycles. The molecule has 1 aromatic heterocycles. The average molecular weight is 328 g/mol. The first-order chi connectivity index (χ1) is 12.3. The van der Waals surface area contributed by atoms with Crippen molar-refractivity contribution in [2.24, 2.45) is 0 Å². The van der Waals surface area contributed by atoms with Crippen LogP contribution >= 0.6 is 0 Å². The van der Waals surface area contributed by atoms with E-state index in [2.05, 4.69) is 65.0 Å². The van der Waals surface area contributed by atoms with Crippen LogP contribution in [0.25, 0.3) is 10.8 Å². The third kappa shape index (κ3) is 3.26. The topological polar surface area (TPSA) is 27.1 Å². The molecule has 0 N–H and O–H groups in total. The molecule has 0 amide bonds. The Labute approximate surface area is 147 Å². The second kappa shape index (κ2) is 6.81. The van der Waals surface area contributed by atoms with E-state index >= 15 is 0 Å². The number of rotatable bonds is 5. The summed E-state index contributed by atoms with van der Waals surface area (Å²) in [5.41, 5.74) is 2.33. The van der Waals surface area contributed by atoms with E-state index in [1.54, 1.807) is 6.20 Å². The third-order valence-corrected chi connectivity index (χ3v) is 4.47. The van der Waals surface area contributed by atoms with Gasteiger partial charge in [0, 0.05) is 18.0 Å². The van der Waals surface area contributed by atoms with E-state index in [1.807, 2.05) is 30.7 Å². The molecule has 0 aliphatic heterocycles. The van der Waals surface area contributed by atoms with Gasteiger partial charge >= 0.3 is 0 Å². The summed E-state index contributed by atoms with van der Waals surface area (Å²) in [5.74, 6) is 0.917. The SMILES string of the molecule is Cc1ccccc1OC(Cn1ccnc1)c1cccc2ccccc12. The summed E-state index contributed by atoms with van der Waals surface area (Å²) < 4.78 is 8.52. The van der Waals surface area contributed by atoms with Gasteiger partial charge in [-0.25, -0.2) is 4.98 Å². The standard InChI is InChI=1S/C22H20N2O/c1-17-7-2-5-12-21(17)25-22(15-24-14-13-23-16-24)20-11-6-9-18-8-3-4-10-19(18)20/h2-14,16,22H,15H2,1H3. The van der Waals surface area contributed by atoms with Crippen molar-refractivity contribution < 1.29 is 4.74 Å². The molecular weight excluding hydrogens is 308 g/mol. The molecule has 0 radical (unpaired) electrons. The highest BCUT2D eigenvalue weighted by Gasteiger charge is 2.18. The zero-order valence-electron chi connectivity index (χ0n) is 14.2. The first kappa shape index (κ1) is 15.5. The highest BCUT2D eigenvalue weighted by Crippen LogP contribution is 2.30. The number of aromatic nitrogens is 2. The molecule has 3 heteroatoms. The molecule has 0 fully saturated rings. The first-order valence-electron chi connectivity index (χ1n) is 8.47. The maximum Gasteiger partial charge on any atom is 0.142 e. The van der Waals surface area contributed by atoms with Crippen LogP contribution in [0.2, 0.25) is 0 Å². The van der Waals surface area contributed by atoms with Crippen LogP contribution in [0.4, 0.5) is 0 Å². The first-order valence-corrected chi connectivity index (χ1v) is 8.47. The van der Waals surface area contributed by atoms with Crippen LogP contribution in [0.15, 0.2) is 85.5 Å². The van der Waals surface area contributed by atoms with Gasteiger partial charge in [-0.2, -0.15) is 0 Å². The van der Waals surface area contributed by atoms with Gasteiger partial charge in [0.2, 0.25) is 0 Å². The van der Waals surface area contributed by atoms with E-state index in [4.69, 9.17) is 4.74 Å². The second-order valence-electron chi connectivity index (χ2n) is 6.20. The van der Waals surface area contributed by atoms with Gasteiger partial charge in [-0.15, -0.1) is 0 Å². The largest absolute Gasteiger partial charge is 0.484 e. The summed E-state index contributed by atoms with van der Waals surface area (Å²) in [6, 6.07) is 23.0. The van der Waals surface area contributed by atoms with Gasteiger partial charge in [0.1, 0.15) is 11.9 Å². The summed E-state index contributed by atoms with van der Waals surface area (Å²) in [5, 5.41) is 2.45. The molecule has 4 rings (SSSR count). The van der Waals surface area contributed by atoms with Crippen LogP contribution in [0, 0.1) is 6.92 Å². The van der Waals surface area contributed by atoms with Crippen molar-refractivity contribution in [2.45, 2.75) is 19.6 Å². The molecule has 124 valence electrons. The minimum Gasteiger partial charge on any atom is -0.484 e. The Morgan fingerprint density at radius 2 is 1.76 bits per heavy atom. The highest BCUT2D eigenvalue weighted by molar-refractivity contribution is 5.86. The number of benzene rings is 3. The predicted octanol–water partition coefficient (Wildman–Crippen LogP) is 5.17. The molecule has 0 aliphatic carbocycles. The lowest BCUT2D eigenvalue weighted by Crippen LogP contribution is -2.15. The zero-order valence-corrected chi connectivity index (χ0v) is 14.2. The Balaban J connectivity index is 1.78. The molecule has 0 bridgehead atoms. The molecule has 1 heterocycles. The molecule has 0 aliphatic rings. The van der Waals surface area contributed by atoms with Crippen molar-refractivity contribution >= 4 is 10.8 Å². The fourth-order valence-corrected chi connectivity index (χ4v) is 3.16. The van der Waals surface area contributed by atoms with E-state index in [9.17, 15) is 0 Å². The van der Waals surface area contributed by atoms with Crippen molar-refractivity contribution in [3.63, 3.8) is 0 Å². The van der Waals surface area contributed by atoms with E-state index in [0.29, 0.717) is 6.54 Å². The average Bonchev–Trinajstić information content (AvgIpc) is 3.16. The van der Waals surface area contributed by atoms with Gasteiger partial charge in [0.05, 0.1) is 12.9 Å². The number of imidazole rings is 1. The van der Waals surface area contributed by atoms with Crippen molar-refractivity contribution in [3.05, 3.63) is 96.6 Å². The number of hydrogen-bond donors (Lipinski definition) is 0. The van der Waals surface area contributed by atoms with Crippen molar-refractivity contribution in [3.8, 4) is 5.75 Å². The van der Waals surface area contributed by atoms with E-state index in [1.165, 1.54) is 16.3 Å². The Hall–Kier alpha value is -3.07. The molecule has 25 heavy (non-hydrogen) atoms. The van der Waals surface area contributed by atoms with Gasteiger partial charge < -0.3 is 9.30 Å². The lowest BCUT2D eigenvalue weighted by molar-refractivity contribution is 0.183. The number of fused-ring (bicyclic) bond motifs is 1. The van der Waals surface area contributed by atoms with Crippen LogP contribution in [-0.4, -0.2) is 9.55 Å². The van der Waals surface area contributed by atoms with Crippen LogP contribution in [0.5, 0.6) is 5.75 Å². The zero-order chi connectivity index (χ0) is 17.1. The monoisotopic (exact) mass is 328 g/mol. The van der Waals surface area contributed by atoms with E-state index in [-0.39, 0.29) is 6.10 Å². The Morgan fingerprint density at radius 1 is 0.960 bits per heavy atom. The molecule has 0 saturated carbocycles. The van der Waals surface area contributed by atoms with Gasteiger partial charge in [0.15, 0.2) is 0 Å². The minimum absolute atomic E-state index is 0.0959. The van der Waals surface area contributed by atoms with Crippen LogP contribution < -0.4 is 4.74 Å². The Bertz CT molecular complexity index is 971. The number of nitrogens with zero attached hydrogens (tertiary/aromatic N) is 2. The van der Waals surface area contributed by atoms with Gasteiger partial charge in [-0.1, -0.05) is 60.7 Å². The van der Waals surface area contributed by atoms with E-state index < -0.39 is 0 Å². The van der Waals surface area contributed by atoms with Crippen molar-refractivity contribution in [1.82, 2.24) is 9.55 Å². The smallest absolute Gasteiger partial charge is 0.142 e. The predicted molar refractivity (Wildman–Crippen MR) is 101 cm³/mol. The van der Waals surface area contributed by atoms with Crippen LogP contribution in [0.1, 0.15) is 17.2 Å². The second-order valence-corrected chi connectivity index (χ2v) is 6.20. The lowest BCUT2D eigenvalue weighted by Gasteiger charge is -2.22. The molecule has 4 aromatic rings. The quantitative estimate of drug-likeness (QED) is 0.505. The lowest BCUT2D eigenvalue weighted by atomic mass is 10.00. The number of aryl methyl sites for hydroxylation is 1. The maximum absolute atomic E-state index is 6.46. The maximum atomic E-state index is 6.46. The van der Waals surface area contributed by atoms with E-state index in [0.717, 1.165) is 11.3 Å². The molecule has 0 spiro atoms. The normalized spacial score (nSPS) is 12.2. The molecule has 3 nitrogen and oxygen atoms in total. The fraction of sp³-hybridized carbons (Fsp3) is 0.136.